The number of para-hydroxylation sites is 1. The van der Waals surface area contributed by atoms with E-state index in [1.807, 2.05) is 36.4 Å². The van der Waals surface area contributed by atoms with Gasteiger partial charge in [0.1, 0.15) is 5.75 Å². The normalized spacial score (nSPS) is 15.3. The Morgan fingerprint density at radius 3 is 2.76 bits per heavy atom. The number of hydrogen-bond donors (Lipinski definition) is 2. The van der Waals surface area contributed by atoms with Crippen LogP contribution in [0.1, 0.15) is 36.9 Å². The van der Waals surface area contributed by atoms with E-state index in [4.69, 9.17) is 10.5 Å². The standard InChI is InChI=1S/C20H26N4O/c21-20(23-14-12-17-8-5-6-13-22-17)24-15-16-7-1-4-11-19(16)25-18-9-2-3-10-18/h1,4-8,11,13,18H,2-3,9-10,12,14-15H2,(H3,21,23,24). The summed E-state index contributed by atoms with van der Waals surface area (Å²) in [5, 5.41) is 3.14. The fourth-order valence-corrected chi connectivity index (χ4v) is 3.03. The Hall–Kier alpha value is -2.56. The molecule has 1 aromatic carbocycles. The molecule has 0 unspecified atom stereocenters. The van der Waals surface area contributed by atoms with Crippen molar-refractivity contribution in [1.29, 1.82) is 0 Å². The van der Waals surface area contributed by atoms with Crippen LogP contribution in [0.25, 0.3) is 0 Å². The average Bonchev–Trinajstić information content (AvgIpc) is 3.15. The van der Waals surface area contributed by atoms with Crippen LogP contribution in [0.2, 0.25) is 0 Å². The minimum Gasteiger partial charge on any atom is -0.490 e. The summed E-state index contributed by atoms with van der Waals surface area (Å²) < 4.78 is 6.14. The minimum absolute atomic E-state index is 0.346. The summed E-state index contributed by atoms with van der Waals surface area (Å²) >= 11 is 0. The molecule has 0 spiro atoms. The van der Waals surface area contributed by atoms with E-state index in [0.29, 0.717) is 25.2 Å². The second-order valence-electron chi connectivity index (χ2n) is 6.33. The van der Waals surface area contributed by atoms with E-state index >= 15 is 0 Å². The molecule has 2 aromatic rings. The topological polar surface area (TPSA) is 72.5 Å². The largest absolute Gasteiger partial charge is 0.490 e. The van der Waals surface area contributed by atoms with Crippen LogP contribution in [-0.2, 0) is 13.0 Å². The molecular weight excluding hydrogens is 312 g/mol. The third-order valence-electron chi connectivity index (χ3n) is 4.40. The Kier molecular flexibility index (Phi) is 6.26. The van der Waals surface area contributed by atoms with Crippen molar-refractivity contribution < 1.29 is 4.74 Å². The molecule has 3 N–H and O–H groups in total. The number of aromatic nitrogens is 1. The molecule has 5 nitrogen and oxygen atoms in total. The smallest absolute Gasteiger partial charge is 0.188 e. The number of rotatable bonds is 7. The molecule has 0 bridgehead atoms. The predicted molar refractivity (Wildman–Crippen MR) is 101 cm³/mol. The number of ether oxygens (including phenoxy) is 1. The second kappa shape index (κ2) is 9.06. The first-order valence-electron chi connectivity index (χ1n) is 8.99. The van der Waals surface area contributed by atoms with E-state index in [2.05, 4.69) is 21.4 Å². The maximum atomic E-state index is 6.14. The van der Waals surface area contributed by atoms with Gasteiger partial charge in [-0.2, -0.15) is 0 Å². The number of guanidine groups is 1. The molecule has 1 saturated carbocycles. The number of pyridine rings is 1. The Bertz CT molecular complexity index is 681. The van der Waals surface area contributed by atoms with Gasteiger partial charge in [-0.3, -0.25) is 4.98 Å². The molecule has 1 fully saturated rings. The van der Waals surface area contributed by atoms with Gasteiger partial charge in [-0.1, -0.05) is 24.3 Å². The second-order valence-corrected chi connectivity index (χ2v) is 6.33. The maximum absolute atomic E-state index is 6.14. The quantitative estimate of drug-likeness (QED) is 0.601. The van der Waals surface area contributed by atoms with Crippen molar-refractivity contribution in [1.82, 2.24) is 10.3 Å². The molecule has 1 aliphatic carbocycles. The van der Waals surface area contributed by atoms with Gasteiger partial charge in [0.2, 0.25) is 0 Å². The molecule has 5 heteroatoms. The van der Waals surface area contributed by atoms with Gasteiger partial charge in [-0.05, 0) is 43.9 Å². The van der Waals surface area contributed by atoms with Crippen LogP contribution in [-0.4, -0.2) is 23.6 Å². The van der Waals surface area contributed by atoms with Crippen LogP contribution < -0.4 is 15.8 Å². The molecule has 0 amide bonds. The number of nitrogens with two attached hydrogens (primary N) is 1. The number of nitrogens with one attached hydrogen (secondary N) is 1. The summed E-state index contributed by atoms with van der Waals surface area (Å²) in [6, 6.07) is 14.0. The van der Waals surface area contributed by atoms with Gasteiger partial charge in [-0.25, -0.2) is 4.99 Å². The van der Waals surface area contributed by atoms with Crippen molar-refractivity contribution in [3.8, 4) is 5.75 Å². The monoisotopic (exact) mass is 338 g/mol. The minimum atomic E-state index is 0.346. The van der Waals surface area contributed by atoms with Crippen LogP contribution in [0.4, 0.5) is 0 Å². The molecule has 3 rings (SSSR count). The third kappa shape index (κ3) is 5.48. The van der Waals surface area contributed by atoms with E-state index in [9.17, 15) is 0 Å². The summed E-state index contributed by atoms with van der Waals surface area (Å²) in [6.07, 6.45) is 7.78. The molecular formula is C20H26N4O. The van der Waals surface area contributed by atoms with Gasteiger partial charge in [0.05, 0.1) is 12.6 Å². The highest BCUT2D eigenvalue weighted by molar-refractivity contribution is 5.77. The van der Waals surface area contributed by atoms with Crippen LogP contribution >= 0.6 is 0 Å². The molecule has 0 aliphatic heterocycles. The lowest BCUT2D eigenvalue weighted by atomic mass is 10.2. The highest BCUT2D eigenvalue weighted by Gasteiger charge is 2.17. The first-order valence-corrected chi connectivity index (χ1v) is 8.99. The van der Waals surface area contributed by atoms with E-state index < -0.39 is 0 Å². The molecule has 132 valence electrons. The zero-order valence-electron chi connectivity index (χ0n) is 14.5. The molecule has 0 radical (unpaired) electrons. The van der Waals surface area contributed by atoms with Crippen molar-refractivity contribution in [3.05, 3.63) is 59.9 Å². The van der Waals surface area contributed by atoms with E-state index in [-0.39, 0.29) is 0 Å². The number of benzene rings is 1. The Labute approximate surface area is 149 Å². The third-order valence-corrected chi connectivity index (χ3v) is 4.40. The lowest BCUT2D eigenvalue weighted by Crippen LogP contribution is -2.33. The molecule has 1 aliphatic rings. The van der Waals surface area contributed by atoms with Crippen LogP contribution in [0.3, 0.4) is 0 Å². The Morgan fingerprint density at radius 1 is 1.16 bits per heavy atom. The highest BCUT2D eigenvalue weighted by atomic mass is 16.5. The summed E-state index contributed by atoms with van der Waals surface area (Å²) in [4.78, 5) is 8.74. The van der Waals surface area contributed by atoms with E-state index in [1.165, 1.54) is 12.8 Å². The van der Waals surface area contributed by atoms with Gasteiger partial charge < -0.3 is 15.8 Å². The maximum Gasteiger partial charge on any atom is 0.188 e. The average molecular weight is 338 g/mol. The molecule has 25 heavy (non-hydrogen) atoms. The van der Waals surface area contributed by atoms with Crippen molar-refractivity contribution in [2.45, 2.75) is 44.8 Å². The molecule has 0 saturated heterocycles. The Balaban J connectivity index is 1.50. The summed E-state index contributed by atoms with van der Waals surface area (Å²) in [7, 11) is 0. The molecule has 1 heterocycles. The highest BCUT2D eigenvalue weighted by Crippen LogP contribution is 2.26. The van der Waals surface area contributed by atoms with Crippen LogP contribution in [0.5, 0.6) is 5.75 Å². The predicted octanol–water partition coefficient (Wildman–Crippen LogP) is 3.05. The zero-order chi connectivity index (χ0) is 17.3. The number of nitrogens with zero attached hydrogens (tertiary/aromatic N) is 2. The van der Waals surface area contributed by atoms with Crippen LogP contribution in [0, 0.1) is 0 Å². The van der Waals surface area contributed by atoms with Gasteiger partial charge in [0, 0.05) is 30.4 Å². The zero-order valence-corrected chi connectivity index (χ0v) is 14.5. The lowest BCUT2D eigenvalue weighted by Gasteiger charge is -2.15. The van der Waals surface area contributed by atoms with Gasteiger partial charge in [0.25, 0.3) is 0 Å². The first-order chi connectivity index (χ1) is 12.3. The van der Waals surface area contributed by atoms with Crippen molar-refractivity contribution in [2.75, 3.05) is 6.54 Å². The van der Waals surface area contributed by atoms with Crippen molar-refractivity contribution >= 4 is 5.96 Å². The first kappa shape index (κ1) is 17.3. The Morgan fingerprint density at radius 2 is 1.96 bits per heavy atom. The van der Waals surface area contributed by atoms with E-state index in [1.54, 1.807) is 6.20 Å². The fourth-order valence-electron chi connectivity index (χ4n) is 3.03. The lowest BCUT2D eigenvalue weighted by molar-refractivity contribution is 0.208. The molecule has 0 atom stereocenters. The summed E-state index contributed by atoms with van der Waals surface area (Å²) in [6.45, 7) is 1.23. The van der Waals surface area contributed by atoms with Crippen molar-refractivity contribution in [2.24, 2.45) is 10.7 Å². The van der Waals surface area contributed by atoms with E-state index in [0.717, 1.165) is 36.3 Å². The van der Waals surface area contributed by atoms with Crippen LogP contribution in [0.15, 0.2) is 53.7 Å². The SMILES string of the molecule is NC(=NCc1ccccc1OC1CCCC1)NCCc1ccccn1. The van der Waals surface area contributed by atoms with Gasteiger partial charge >= 0.3 is 0 Å². The number of aliphatic imine (C=N–C) groups is 1. The summed E-state index contributed by atoms with van der Waals surface area (Å²) in [5.41, 5.74) is 8.09. The number of hydrogen-bond acceptors (Lipinski definition) is 3. The summed E-state index contributed by atoms with van der Waals surface area (Å²) in [5.74, 6) is 1.38. The van der Waals surface area contributed by atoms with Gasteiger partial charge in [-0.15, -0.1) is 0 Å². The van der Waals surface area contributed by atoms with Crippen molar-refractivity contribution in [3.63, 3.8) is 0 Å². The fraction of sp³-hybridized carbons (Fsp3) is 0.400. The molecule has 1 aromatic heterocycles. The van der Waals surface area contributed by atoms with Gasteiger partial charge in [0.15, 0.2) is 5.96 Å².